The summed E-state index contributed by atoms with van der Waals surface area (Å²) in [6.45, 7) is 6.28. The topological polar surface area (TPSA) is 42.9 Å². The van der Waals surface area contributed by atoms with Crippen molar-refractivity contribution < 1.29 is 14.8 Å². The van der Waals surface area contributed by atoms with Gasteiger partial charge in [0.2, 0.25) is 0 Å². The zero-order chi connectivity index (χ0) is 14.6. The van der Waals surface area contributed by atoms with Gasteiger partial charge in [0.25, 0.3) is 0 Å². The minimum absolute atomic E-state index is 0.202. The van der Waals surface area contributed by atoms with Crippen LogP contribution in [0.1, 0.15) is 37.1 Å². The average molecular weight is 341 g/mol. The number of alkyl halides is 1. The quantitative estimate of drug-likeness (QED) is 0.675. The summed E-state index contributed by atoms with van der Waals surface area (Å²) in [4.78, 5) is 11.9. The van der Waals surface area contributed by atoms with Crippen LogP contribution in [-0.4, -0.2) is 24.7 Å². The first kappa shape index (κ1) is 15.5. The standard InChI is InChI=1S/C16H22BrNO2/c1-16(2,13-9-6-10-18-11-13)20-15(19)14(17)12-7-4-3-5-8-12/h3-5,7-8,13-14,18H,6,9-11H2,1-2H3/p+1. The van der Waals surface area contributed by atoms with Crippen molar-refractivity contribution in [3.8, 4) is 0 Å². The Balaban J connectivity index is 1.99. The molecule has 2 N–H and O–H groups in total. The van der Waals surface area contributed by atoms with Crippen LogP contribution in [0.4, 0.5) is 0 Å². The predicted molar refractivity (Wildman–Crippen MR) is 82.7 cm³/mol. The molecule has 2 unspecified atom stereocenters. The molecule has 0 radical (unpaired) electrons. The number of nitrogens with two attached hydrogens (primary N) is 1. The van der Waals surface area contributed by atoms with Crippen molar-refractivity contribution in [2.75, 3.05) is 13.1 Å². The number of rotatable bonds is 4. The number of halogens is 1. The number of hydrogen-bond donors (Lipinski definition) is 1. The van der Waals surface area contributed by atoms with Gasteiger partial charge in [-0.2, -0.15) is 0 Å². The molecule has 1 aliphatic heterocycles. The van der Waals surface area contributed by atoms with Gasteiger partial charge in [0.1, 0.15) is 10.4 Å². The molecule has 0 bridgehead atoms. The summed E-state index contributed by atoms with van der Waals surface area (Å²) in [7, 11) is 0. The number of quaternary nitrogens is 1. The molecule has 1 heterocycles. The van der Waals surface area contributed by atoms with Gasteiger partial charge in [-0.25, -0.2) is 0 Å². The highest BCUT2D eigenvalue weighted by atomic mass is 79.9. The van der Waals surface area contributed by atoms with Gasteiger partial charge in [-0.15, -0.1) is 0 Å². The van der Waals surface area contributed by atoms with E-state index in [-0.39, 0.29) is 5.97 Å². The number of esters is 1. The minimum atomic E-state index is -0.408. The van der Waals surface area contributed by atoms with Gasteiger partial charge in [-0.05, 0) is 32.3 Å². The summed E-state index contributed by atoms with van der Waals surface area (Å²) >= 11 is 3.45. The Hall–Kier alpha value is -0.870. The molecule has 4 heteroatoms. The molecule has 0 amide bonds. The third kappa shape index (κ3) is 3.83. The molecule has 1 fully saturated rings. The molecule has 1 saturated heterocycles. The van der Waals surface area contributed by atoms with Gasteiger partial charge in [-0.3, -0.25) is 4.79 Å². The van der Waals surface area contributed by atoms with E-state index in [0.29, 0.717) is 5.92 Å². The summed E-state index contributed by atoms with van der Waals surface area (Å²) in [5.74, 6) is 0.224. The monoisotopic (exact) mass is 340 g/mol. The van der Waals surface area contributed by atoms with Crippen LogP contribution in [-0.2, 0) is 9.53 Å². The van der Waals surface area contributed by atoms with E-state index < -0.39 is 10.4 Å². The minimum Gasteiger partial charge on any atom is -0.458 e. The van der Waals surface area contributed by atoms with E-state index in [9.17, 15) is 4.79 Å². The molecular weight excluding hydrogens is 318 g/mol. The molecule has 2 atom stereocenters. The van der Waals surface area contributed by atoms with E-state index in [0.717, 1.165) is 18.5 Å². The van der Waals surface area contributed by atoms with Crippen LogP contribution in [0.3, 0.4) is 0 Å². The summed E-state index contributed by atoms with van der Waals surface area (Å²) in [5.41, 5.74) is 0.526. The normalized spacial score (nSPS) is 21.2. The van der Waals surface area contributed by atoms with Crippen LogP contribution in [0.25, 0.3) is 0 Å². The van der Waals surface area contributed by atoms with Crippen molar-refractivity contribution in [2.24, 2.45) is 5.92 Å². The fourth-order valence-electron chi connectivity index (χ4n) is 2.73. The number of carbonyl (C=O) groups is 1. The molecule has 0 aromatic heterocycles. The fourth-order valence-corrected chi connectivity index (χ4v) is 3.13. The SMILES string of the molecule is CC(C)(OC(=O)C(Br)c1ccccc1)C1CCC[NH2+]C1. The molecule has 1 aliphatic rings. The van der Waals surface area contributed by atoms with Crippen LogP contribution in [0.15, 0.2) is 30.3 Å². The van der Waals surface area contributed by atoms with E-state index in [4.69, 9.17) is 4.74 Å². The summed E-state index contributed by atoms with van der Waals surface area (Å²) in [5, 5.41) is 2.31. The largest absolute Gasteiger partial charge is 0.458 e. The third-order valence-electron chi connectivity index (χ3n) is 4.06. The van der Waals surface area contributed by atoms with Crippen LogP contribution in [0.2, 0.25) is 0 Å². The van der Waals surface area contributed by atoms with E-state index in [1.165, 1.54) is 13.0 Å². The second-order valence-corrected chi connectivity index (χ2v) is 6.87. The highest BCUT2D eigenvalue weighted by Gasteiger charge is 2.37. The molecule has 0 aliphatic carbocycles. The Labute approximate surface area is 129 Å². The molecular formula is C16H23BrNO2+. The van der Waals surface area contributed by atoms with Crippen molar-refractivity contribution >= 4 is 21.9 Å². The maximum Gasteiger partial charge on any atom is 0.324 e. The number of carbonyl (C=O) groups excluding carboxylic acids is 1. The van der Waals surface area contributed by atoms with Crippen molar-refractivity contribution in [1.82, 2.24) is 0 Å². The second-order valence-electron chi connectivity index (χ2n) is 5.95. The van der Waals surface area contributed by atoms with Gasteiger partial charge >= 0.3 is 5.97 Å². The van der Waals surface area contributed by atoms with E-state index in [2.05, 4.69) is 21.2 Å². The van der Waals surface area contributed by atoms with Crippen LogP contribution >= 0.6 is 15.9 Å². The average Bonchev–Trinajstić information content (AvgIpc) is 2.48. The number of piperidine rings is 1. The lowest BCUT2D eigenvalue weighted by atomic mass is 9.84. The van der Waals surface area contributed by atoms with Gasteiger partial charge in [0, 0.05) is 5.92 Å². The maximum atomic E-state index is 12.3. The summed E-state index contributed by atoms with van der Waals surface area (Å²) in [6.07, 6.45) is 2.33. The van der Waals surface area contributed by atoms with E-state index in [1.807, 2.05) is 44.2 Å². The lowest BCUT2D eigenvalue weighted by molar-refractivity contribution is -0.671. The van der Waals surface area contributed by atoms with Crippen molar-refractivity contribution in [1.29, 1.82) is 0 Å². The van der Waals surface area contributed by atoms with Gasteiger partial charge in [0.05, 0.1) is 13.1 Å². The van der Waals surface area contributed by atoms with Crippen LogP contribution in [0.5, 0.6) is 0 Å². The highest BCUT2D eigenvalue weighted by molar-refractivity contribution is 9.09. The Kier molecular flexibility index (Phi) is 5.22. The number of hydrogen-bond acceptors (Lipinski definition) is 2. The third-order valence-corrected chi connectivity index (χ3v) is 4.96. The van der Waals surface area contributed by atoms with Gasteiger partial charge < -0.3 is 10.1 Å². The van der Waals surface area contributed by atoms with Crippen molar-refractivity contribution in [2.45, 2.75) is 37.1 Å². The predicted octanol–water partition coefficient (Wildman–Crippen LogP) is 2.42. The van der Waals surface area contributed by atoms with Crippen LogP contribution < -0.4 is 5.32 Å². The lowest BCUT2D eigenvalue weighted by Crippen LogP contribution is -2.88. The smallest absolute Gasteiger partial charge is 0.324 e. The van der Waals surface area contributed by atoms with E-state index in [1.54, 1.807) is 0 Å². The lowest BCUT2D eigenvalue weighted by Gasteiger charge is -2.35. The molecule has 20 heavy (non-hydrogen) atoms. The van der Waals surface area contributed by atoms with Crippen LogP contribution in [0, 0.1) is 5.92 Å². The fraction of sp³-hybridized carbons (Fsp3) is 0.562. The van der Waals surface area contributed by atoms with Gasteiger partial charge in [0.15, 0.2) is 0 Å². The first-order valence-electron chi connectivity index (χ1n) is 7.24. The van der Waals surface area contributed by atoms with E-state index >= 15 is 0 Å². The van der Waals surface area contributed by atoms with Gasteiger partial charge in [-0.1, -0.05) is 46.3 Å². The van der Waals surface area contributed by atoms with Crippen molar-refractivity contribution in [3.63, 3.8) is 0 Å². The molecule has 2 rings (SSSR count). The highest BCUT2D eigenvalue weighted by Crippen LogP contribution is 2.31. The number of ether oxygens (including phenoxy) is 1. The molecule has 0 spiro atoms. The Morgan fingerprint density at radius 1 is 1.40 bits per heavy atom. The second kappa shape index (κ2) is 6.72. The summed E-state index contributed by atoms with van der Waals surface area (Å²) in [6, 6.07) is 9.66. The zero-order valence-electron chi connectivity index (χ0n) is 12.1. The number of benzene rings is 1. The summed E-state index contributed by atoms with van der Waals surface area (Å²) < 4.78 is 5.79. The first-order chi connectivity index (χ1) is 9.50. The Morgan fingerprint density at radius 2 is 2.10 bits per heavy atom. The molecule has 1 aromatic rings. The maximum absolute atomic E-state index is 12.3. The molecule has 1 aromatic carbocycles. The molecule has 0 saturated carbocycles. The Morgan fingerprint density at radius 3 is 2.70 bits per heavy atom. The first-order valence-corrected chi connectivity index (χ1v) is 8.16. The molecule has 110 valence electrons. The zero-order valence-corrected chi connectivity index (χ0v) is 13.7. The molecule has 3 nitrogen and oxygen atoms in total. The van der Waals surface area contributed by atoms with Crippen molar-refractivity contribution in [3.05, 3.63) is 35.9 Å². The Bertz CT molecular complexity index is 441.